The predicted molar refractivity (Wildman–Crippen MR) is 544 cm³/mol. The third kappa shape index (κ3) is 21.3. The molecule has 12 heterocycles. The average molecular weight is 1960 g/mol. The fourth-order valence-electron chi connectivity index (χ4n) is 22.1. The van der Waals surface area contributed by atoms with Crippen LogP contribution < -0.4 is 32.7 Å². The molecule has 141 heavy (non-hydrogen) atoms. The number of aryl methyl sites for hydroxylation is 2. The smallest absolute Gasteiger partial charge is 0.408 e. The number of Topliss-reactive ketones (excluding diaryl/α,β-unsaturated/α-hetero) is 1. The Kier molecular flexibility index (Phi) is 28.2. The van der Waals surface area contributed by atoms with Crippen LogP contribution in [0.3, 0.4) is 0 Å². The average Bonchev–Trinajstić information content (AvgIpc) is 1.63. The second kappa shape index (κ2) is 40.3. The van der Waals surface area contributed by atoms with Gasteiger partial charge in [0.2, 0.25) is 35.3 Å². The molecule has 21 rings (SSSR count). The van der Waals surface area contributed by atoms with E-state index in [0.29, 0.717) is 118 Å². The lowest BCUT2D eigenvalue weighted by molar-refractivity contribution is -0.148. The number of carbonyl (C=O) groups is 9. The first-order valence-corrected chi connectivity index (χ1v) is 51.2. The lowest BCUT2D eigenvalue weighted by Crippen LogP contribution is -2.68. The summed E-state index contributed by atoms with van der Waals surface area (Å²) in [5, 5.41) is 45.8. The Morgan fingerprint density at radius 1 is 0.504 bits per heavy atom. The summed E-state index contributed by atoms with van der Waals surface area (Å²) in [6, 6.07) is 48.2. The fraction of sp³-hybridized carbons (Fsp3) is 0.427. The van der Waals surface area contributed by atoms with Gasteiger partial charge in [-0.05, 0) is 209 Å². The van der Waals surface area contributed by atoms with E-state index < -0.39 is 88.4 Å². The molecule has 0 radical (unpaired) electrons. The normalized spacial score (nSPS) is 22.0. The molecule has 0 spiro atoms. The number of nitrogen functional groups attached to an aromatic ring is 1. The Bertz CT molecular complexity index is 6590. The van der Waals surface area contributed by atoms with Gasteiger partial charge in [0.15, 0.2) is 11.0 Å². The quantitative estimate of drug-likeness (QED) is 0.0221. The number of aliphatic carboxylic acids is 1. The number of fused-ring (bicyclic) bond motifs is 9. The Labute approximate surface area is 830 Å². The molecular weight excluding hydrogens is 1840 g/mol. The van der Waals surface area contributed by atoms with Crippen LogP contribution >= 0.6 is 34.0 Å². The lowest BCUT2D eigenvalue weighted by Gasteiger charge is -2.45. The number of aliphatic hydroxyl groups excluding tert-OH is 2. The lowest BCUT2D eigenvalue weighted by atomic mass is 9.51. The number of nitrogens with two attached hydrogens (primary N) is 2. The summed E-state index contributed by atoms with van der Waals surface area (Å²) in [5.74, 6) is -0.210. The molecule has 6 aliphatic heterocycles. The third-order valence-electron chi connectivity index (χ3n) is 28.9. The number of nitrogens with one attached hydrogen (secondary N) is 7. The molecule has 38 heteroatoms. The number of aliphatic hydroxyl groups is 2. The van der Waals surface area contributed by atoms with Gasteiger partial charge in [0.1, 0.15) is 62.2 Å². The van der Waals surface area contributed by atoms with Crippen LogP contribution in [0.25, 0.3) is 36.7 Å². The first kappa shape index (κ1) is 98.4. The van der Waals surface area contributed by atoms with Crippen molar-refractivity contribution in [3.05, 3.63) is 247 Å². The van der Waals surface area contributed by atoms with Crippen molar-refractivity contribution in [1.29, 1.82) is 0 Å². The molecule has 13 atom stereocenters. The zero-order chi connectivity index (χ0) is 99.3. The zero-order valence-corrected chi connectivity index (χ0v) is 83.0. The summed E-state index contributed by atoms with van der Waals surface area (Å²) in [5.41, 5.74) is 19.5. The maximum atomic E-state index is 14.7. The summed E-state index contributed by atoms with van der Waals surface area (Å²) in [4.78, 5) is 164. The minimum atomic E-state index is -1.29. The number of ether oxygens (including phenoxy) is 2. The van der Waals surface area contributed by atoms with E-state index in [2.05, 4.69) is 74.1 Å². The highest BCUT2D eigenvalue weighted by molar-refractivity contribution is 7.20. The summed E-state index contributed by atoms with van der Waals surface area (Å²) >= 11 is 4.31. The molecule has 14 N–H and O–H groups in total. The number of carboxylic acid groups (broad SMARTS) is 1. The number of amides is 7. The summed E-state index contributed by atoms with van der Waals surface area (Å²) in [7, 11) is 0. The number of para-hydroxylation sites is 3. The Morgan fingerprint density at radius 2 is 0.936 bits per heavy atom. The minimum Gasteiger partial charge on any atom is -0.480 e. The van der Waals surface area contributed by atoms with E-state index in [1.165, 1.54) is 38.9 Å². The largest absolute Gasteiger partial charge is 0.480 e. The molecule has 6 fully saturated rings. The molecule has 0 bridgehead atoms. The third-order valence-corrected chi connectivity index (χ3v) is 32.2. The maximum Gasteiger partial charge on any atom is 0.408 e. The van der Waals surface area contributed by atoms with Crippen molar-refractivity contribution in [3.63, 3.8) is 0 Å². The van der Waals surface area contributed by atoms with E-state index in [1.54, 1.807) is 62.5 Å². The number of aromatic amines is 3. The molecule has 7 amide bonds. The van der Waals surface area contributed by atoms with Gasteiger partial charge in [0, 0.05) is 36.3 Å². The van der Waals surface area contributed by atoms with E-state index in [9.17, 15) is 58.5 Å². The van der Waals surface area contributed by atoms with Gasteiger partial charge in [-0.2, -0.15) is 0 Å². The number of hydrogen-bond donors (Lipinski definition) is 12. The van der Waals surface area contributed by atoms with Crippen LogP contribution in [0.15, 0.2) is 169 Å². The number of aromatic nitrogens is 9. The van der Waals surface area contributed by atoms with Crippen LogP contribution in [0.4, 0.5) is 15.5 Å². The van der Waals surface area contributed by atoms with Crippen molar-refractivity contribution in [2.24, 2.45) is 23.5 Å². The number of benzene rings is 6. The number of anilines is 1. The minimum absolute atomic E-state index is 0.0300. The molecule has 732 valence electrons. The second-order valence-electron chi connectivity index (χ2n) is 41.2. The number of hydrogen-bond acceptors (Lipinski definition) is 24. The number of imidazole rings is 3. The number of H-pyrrole nitrogens is 3. The zero-order valence-electron chi connectivity index (χ0n) is 80.6. The Balaban J connectivity index is 0.000000130. The molecule has 6 aromatic carbocycles. The SMILES string of the molecule is CC(C)(C)OC(=O)NC1(Cc2ccccc2)CCB2CC[C@@H](C(=O)O)N2C1=O.Cc1nc2c([nH]1)CC(C(C)C(O)c1nc3ccccc3s1)C2.Cc1nc2c([nH]1)CC([C@H](NC(=O)[C@@H]1CCB3CCC(Cc4ccccc4)(NC(=O)OC(C)(C)C)C(=O)N31)C(O)c1nc3ccccc3s1)=C2.Nc1nc2c([nH]1)CC([C@H](NC(=O)[C@@H]1CCB3CC[C@@](N)(Cc4ccccc4)C(=O)N31)C(=O)c1nc3ccccc3s1)C2. The summed E-state index contributed by atoms with van der Waals surface area (Å²) < 4.78 is 14.0. The number of rotatable bonds is 22. The first-order chi connectivity index (χ1) is 67.4. The van der Waals surface area contributed by atoms with Crippen molar-refractivity contribution in [2.75, 3.05) is 5.73 Å². The monoisotopic (exact) mass is 1960 g/mol. The standard InChI is InChI=1S/C36H41BN6O5S.C30H32BN7O3S.C20H27BN2O5.C17H19N3OS/c1-21-38-25-18-23(19-26(25)39-21)29(30(44)32-40-24-12-8-9-13-28(24)49-32)41-31(45)27-14-16-37-17-15-36(33(46)43(27)37,20-22-10-6-5-7-11-22)42-34(47)48-35(2,3)4;32-29-35-20-14-18(15-21(20)36-29)24(25(39)27-34-19-8-4-5-9-23(19)42-27)37-26(40)22-10-12-31-13-11-30(33,28(41)38(22)31)16-17-6-2-1-3-7-17;1-19(2,3)28-18(27)22-20(13-14-7-5-4-6-8-14)10-12-21-11-9-15(16(24)25)23(21)17(20)26;1-9(11-7-13-14(8-11)19-10(2)18-13)16(21)17-20-12-5-3-4-6-15(12)22-17/h5-13,18,27,29-30,44H,14-17,19-20H2,1-4H3,(H,38,39)(H,41,45)(H,42,47);1-9,18,22,24H,10-16,33H2,(H,37,40)(H3,32,35,36);4-8,15H,9-13H2,1-3H3,(H,22,27)(H,24,25);3-6,9,11,16,21H,7-8H2,1-2H3,(H,18,19)/t27-,29-,30?,36?;22-,24-,30+;15-,20?;/m000./s1. The van der Waals surface area contributed by atoms with Crippen LogP contribution in [-0.2, 0) is 89.6 Å². The molecule has 0 saturated carbocycles. The van der Waals surface area contributed by atoms with Gasteiger partial charge in [-0.1, -0.05) is 172 Å². The van der Waals surface area contributed by atoms with Crippen molar-refractivity contribution < 1.29 is 67.9 Å². The molecule has 6 saturated heterocycles. The summed E-state index contributed by atoms with van der Waals surface area (Å²) in [6.45, 7) is 16.4. The molecule has 9 aliphatic rings. The van der Waals surface area contributed by atoms with Gasteiger partial charge in [-0.3, -0.25) is 33.6 Å². The van der Waals surface area contributed by atoms with Crippen LogP contribution in [0.5, 0.6) is 0 Å². The van der Waals surface area contributed by atoms with Crippen molar-refractivity contribution in [3.8, 4) is 0 Å². The van der Waals surface area contributed by atoms with Crippen LogP contribution in [0.1, 0.15) is 182 Å². The molecular formula is C103H119B3N18O14S3. The molecule has 3 aliphatic carbocycles. The van der Waals surface area contributed by atoms with Gasteiger partial charge in [0.25, 0.3) is 20.5 Å². The Hall–Kier alpha value is -12.7. The van der Waals surface area contributed by atoms with Crippen molar-refractivity contribution in [1.82, 2.24) is 80.6 Å². The van der Waals surface area contributed by atoms with Crippen molar-refractivity contribution >= 4 is 151 Å². The molecule has 6 aromatic heterocycles. The highest BCUT2D eigenvalue weighted by atomic mass is 32.1. The highest BCUT2D eigenvalue weighted by Gasteiger charge is 2.59. The molecule has 7 unspecified atom stereocenters. The number of carboxylic acids is 1. The summed E-state index contributed by atoms with van der Waals surface area (Å²) in [6.07, 6.45) is 10.4. The number of nitrogens with zero attached hydrogens (tertiary/aromatic N) is 9. The van der Waals surface area contributed by atoms with E-state index in [4.69, 9.17) is 25.9 Å². The van der Waals surface area contributed by atoms with Gasteiger partial charge in [-0.25, -0.2) is 39.5 Å². The maximum absolute atomic E-state index is 14.7. The van der Waals surface area contributed by atoms with Gasteiger partial charge in [0.05, 0.1) is 77.4 Å². The second-order valence-corrected chi connectivity index (χ2v) is 44.4. The first-order valence-electron chi connectivity index (χ1n) is 48.8. The van der Waals surface area contributed by atoms with E-state index in [0.717, 1.165) is 118 Å². The number of carbonyl (C=O) groups excluding carboxylic acids is 8. The van der Waals surface area contributed by atoms with E-state index >= 15 is 0 Å². The van der Waals surface area contributed by atoms with Gasteiger partial charge < -0.3 is 86.9 Å². The number of thiazole rings is 3. The fourth-order valence-corrected chi connectivity index (χ4v) is 25.2. The van der Waals surface area contributed by atoms with Crippen LogP contribution in [0.2, 0.25) is 37.9 Å². The highest BCUT2D eigenvalue weighted by Crippen LogP contribution is 2.45. The number of ketones is 1. The molecule has 32 nitrogen and oxygen atoms in total. The number of alkyl carbamates (subject to hydrolysis) is 2. The predicted octanol–water partition coefficient (Wildman–Crippen LogP) is 13.6. The van der Waals surface area contributed by atoms with Gasteiger partial charge >= 0.3 is 18.2 Å². The van der Waals surface area contributed by atoms with Gasteiger partial charge in [-0.15, -0.1) is 34.0 Å². The van der Waals surface area contributed by atoms with Crippen molar-refractivity contribution in [2.45, 2.75) is 260 Å². The topological polar surface area (TPSA) is 467 Å². The van der Waals surface area contributed by atoms with Crippen LogP contribution in [0, 0.1) is 31.6 Å². The Morgan fingerprint density at radius 3 is 1.44 bits per heavy atom. The molecule has 12 aromatic rings. The van der Waals surface area contributed by atoms with E-state index in [1.807, 2.05) is 178 Å². The van der Waals surface area contributed by atoms with E-state index in [-0.39, 0.29) is 74.1 Å². The van der Waals surface area contributed by atoms with Crippen LogP contribution in [-0.4, -0.2) is 207 Å².